The van der Waals surface area contributed by atoms with Gasteiger partial charge in [0.05, 0.1) is 21.3 Å². The van der Waals surface area contributed by atoms with E-state index in [4.69, 9.17) is 28.2 Å². The largest absolute Gasteiger partial charge is 0.451 e. The summed E-state index contributed by atoms with van der Waals surface area (Å²) in [6.45, 7) is 6.69. The number of halogens is 1. The summed E-state index contributed by atoms with van der Waals surface area (Å²) in [5.74, 6) is -0.182. The zero-order valence-electron chi connectivity index (χ0n) is 19.0. The average Bonchev–Trinajstić information content (AvgIpc) is 3.35. The van der Waals surface area contributed by atoms with Gasteiger partial charge in [0.2, 0.25) is 0 Å². The van der Waals surface area contributed by atoms with Crippen LogP contribution in [0.5, 0.6) is 0 Å². The van der Waals surface area contributed by atoms with Gasteiger partial charge in [-0.05, 0) is 43.0 Å². The highest BCUT2D eigenvalue weighted by Gasteiger charge is 2.22. The quantitative estimate of drug-likeness (QED) is 0.276. The van der Waals surface area contributed by atoms with Gasteiger partial charge in [-0.25, -0.2) is 0 Å². The van der Waals surface area contributed by atoms with Crippen LogP contribution in [-0.2, 0) is 0 Å². The number of para-hydroxylation sites is 1. The number of piperazine rings is 1. The number of hydrogen-bond acceptors (Lipinski definition) is 7. The number of benzene rings is 2. The van der Waals surface area contributed by atoms with E-state index in [1.54, 1.807) is 18.2 Å². The number of carbonyl (C=O) groups excluding carboxylic acids is 1. The van der Waals surface area contributed by atoms with Crippen molar-refractivity contribution in [3.05, 3.63) is 75.5 Å². The van der Waals surface area contributed by atoms with Gasteiger partial charge in [0.25, 0.3) is 11.6 Å². The van der Waals surface area contributed by atoms with E-state index in [0.29, 0.717) is 22.0 Å². The lowest BCUT2D eigenvalue weighted by Gasteiger charge is -2.37. The molecule has 0 saturated carbocycles. The Labute approximate surface area is 212 Å². The van der Waals surface area contributed by atoms with Gasteiger partial charge in [-0.2, -0.15) is 0 Å². The smallest absolute Gasteiger partial charge is 0.293 e. The van der Waals surface area contributed by atoms with E-state index >= 15 is 0 Å². The summed E-state index contributed by atoms with van der Waals surface area (Å²) in [6.07, 6.45) is 0. The van der Waals surface area contributed by atoms with Crippen molar-refractivity contribution in [2.75, 3.05) is 42.9 Å². The molecule has 2 aromatic carbocycles. The van der Waals surface area contributed by atoms with E-state index in [-0.39, 0.29) is 16.6 Å². The molecular formula is C24H24ClN5O4S. The second-order valence-electron chi connectivity index (χ2n) is 7.94. The Balaban J connectivity index is 1.44. The summed E-state index contributed by atoms with van der Waals surface area (Å²) < 4.78 is 5.62. The van der Waals surface area contributed by atoms with Gasteiger partial charge < -0.3 is 19.5 Å². The summed E-state index contributed by atoms with van der Waals surface area (Å²) in [5.41, 5.74) is 1.96. The number of furan rings is 1. The van der Waals surface area contributed by atoms with Crippen molar-refractivity contribution < 1.29 is 14.1 Å². The number of rotatable bonds is 6. The maximum absolute atomic E-state index is 12.7. The van der Waals surface area contributed by atoms with E-state index in [9.17, 15) is 14.9 Å². The number of non-ortho nitro benzene ring substituents is 1. The number of hydrogen-bond donors (Lipinski definition) is 2. The molecule has 0 unspecified atom stereocenters. The monoisotopic (exact) mass is 513 g/mol. The third-order valence-corrected chi connectivity index (χ3v) is 6.28. The molecule has 3 aromatic rings. The van der Waals surface area contributed by atoms with Crippen LogP contribution in [0.1, 0.15) is 17.5 Å². The number of amides is 1. The van der Waals surface area contributed by atoms with E-state index in [0.717, 1.165) is 38.4 Å². The standard InChI is InChI=1S/C24H24ClN5O4S/c1-2-28-11-13-29(14-12-28)22-18(25)7-4-8-19(22)26-24(35)27-23(31)21-10-9-20(34-21)16-5-3-6-17(15-16)30(32)33/h3-10,15H,2,11-14H2,1H3,(H2,26,27,31,35). The van der Waals surface area contributed by atoms with Crippen LogP contribution >= 0.6 is 23.8 Å². The molecule has 1 amide bonds. The molecule has 0 bridgehead atoms. The first-order chi connectivity index (χ1) is 16.9. The lowest BCUT2D eigenvalue weighted by atomic mass is 10.1. The summed E-state index contributed by atoms with van der Waals surface area (Å²) in [6, 6.07) is 14.6. The molecule has 2 heterocycles. The first-order valence-corrected chi connectivity index (χ1v) is 11.9. The predicted octanol–water partition coefficient (Wildman–Crippen LogP) is 4.78. The molecule has 1 aliphatic heterocycles. The summed E-state index contributed by atoms with van der Waals surface area (Å²) in [7, 11) is 0. The fraction of sp³-hybridized carbons (Fsp3) is 0.250. The van der Waals surface area contributed by atoms with Crippen LogP contribution in [-0.4, -0.2) is 53.6 Å². The Morgan fingerprint density at radius 1 is 1.14 bits per heavy atom. The number of nitrogens with one attached hydrogen (secondary N) is 2. The first-order valence-electron chi connectivity index (χ1n) is 11.1. The van der Waals surface area contributed by atoms with Gasteiger partial charge >= 0.3 is 0 Å². The van der Waals surface area contributed by atoms with Gasteiger partial charge in [-0.3, -0.25) is 20.2 Å². The fourth-order valence-corrected chi connectivity index (χ4v) is 4.43. The Morgan fingerprint density at radius 3 is 2.60 bits per heavy atom. The van der Waals surface area contributed by atoms with Gasteiger partial charge in [-0.15, -0.1) is 0 Å². The molecule has 35 heavy (non-hydrogen) atoms. The van der Waals surface area contributed by atoms with Crippen LogP contribution < -0.4 is 15.5 Å². The Kier molecular flexibility index (Phi) is 7.64. The summed E-state index contributed by atoms with van der Waals surface area (Å²) >= 11 is 11.9. The summed E-state index contributed by atoms with van der Waals surface area (Å²) in [4.78, 5) is 27.8. The zero-order chi connectivity index (χ0) is 24.9. The highest BCUT2D eigenvalue weighted by Crippen LogP contribution is 2.34. The second-order valence-corrected chi connectivity index (χ2v) is 8.75. The highest BCUT2D eigenvalue weighted by molar-refractivity contribution is 7.80. The molecule has 2 N–H and O–H groups in total. The maximum Gasteiger partial charge on any atom is 0.293 e. The summed E-state index contributed by atoms with van der Waals surface area (Å²) in [5, 5.41) is 17.4. The van der Waals surface area contributed by atoms with Crippen LogP contribution in [0, 0.1) is 10.1 Å². The van der Waals surface area contributed by atoms with Crippen molar-refractivity contribution in [3.8, 4) is 11.3 Å². The number of nitro benzene ring substituents is 1. The first kappa shape index (κ1) is 24.6. The van der Waals surface area contributed by atoms with Crippen LogP contribution in [0.15, 0.2) is 59.0 Å². The van der Waals surface area contributed by atoms with Gasteiger partial charge in [0.15, 0.2) is 10.9 Å². The van der Waals surface area contributed by atoms with Crippen molar-refractivity contribution in [1.29, 1.82) is 0 Å². The molecule has 0 radical (unpaired) electrons. The molecule has 9 nitrogen and oxygen atoms in total. The zero-order valence-corrected chi connectivity index (χ0v) is 20.6. The Bertz CT molecular complexity index is 1260. The van der Waals surface area contributed by atoms with Crippen molar-refractivity contribution in [3.63, 3.8) is 0 Å². The SMILES string of the molecule is CCN1CCN(c2c(Cl)cccc2NC(=S)NC(=O)c2ccc(-c3cccc([N+](=O)[O-])c3)o2)CC1. The molecule has 1 aromatic heterocycles. The molecular weight excluding hydrogens is 490 g/mol. The topological polar surface area (TPSA) is 104 Å². The van der Waals surface area contributed by atoms with E-state index < -0.39 is 10.8 Å². The van der Waals surface area contributed by atoms with Crippen LogP contribution in [0.25, 0.3) is 11.3 Å². The maximum atomic E-state index is 12.7. The molecule has 0 aliphatic carbocycles. The van der Waals surface area contributed by atoms with Crippen molar-refractivity contribution in [2.45, 2.75) is 6.92 Å². The molecule has 0 spiro atoms. The lowest BCUT2D eigenvalue weighted by Crippen LogP contribution is -2.46. The number of nitrogens with zero attached hydrogens (tertiary/aromatic N) is 3. The van der Waals surface area contributed by atoms with Crippen molar-refractivity contribution in [1.82, 2.24) is 10.2 Å². The molecule has 182 valence electrons. The van der Waals surface area contributed by atoms with E-state index in [1.165, 1.54) is 18.2 Å². The van der Waals surface area contributed by atoms with Crippen LogP contribution in [0.2, 0.25) is 5.02 Å². The number of nitro groups is 1. The number of likely N-dealkylation sites (N-methyl/N-ethyl adjacent to an activating group) is 1. The molecule has 0 atom stereocenters. The fourth-order valence-electron chi connectivity index (χ4n) is 3.93. The molecule has 4 rings (SSSR count). The third-order valence-electron chi connectivity index (χ3n) is 5.77. The molecule has 11 heteroatoms. The Hall–Kier alpha value is -3.47. The van der Waals surface area contributed by atoms with Gasteiger partial charge in [0, 0.05) is 43.9 Å². The van der Waals surface area contributed by atoms with Crippen LogP contribution in [0.4, 0.5) is 17.1 Å². The van der Waals surface area contributed by atoms with E-state index in [2.05, 4.69) is 27.4 Å². The number of thiocarbonyl (C=S) groups is 1. The van der Waals surface area contributed by atoms with Gasteiger partial charge in [0.1, 0.15) is 5.76 Å². The molecule has 1 saturated heterocycles. The predicted molar refractivity (Wildman–Crippen MR) is 140 cm³/mol. The normalized spacial score (nSPS) is 13.9. The number of carbonyl (C=O) groups is 1. The number of anilines is 2. The van der Waals surface area contributed by atoms with E-state index in [1.807, 2.05) is 18.2 Å². The van der Waals surface area contributed by atoms with Gasteiger partial charge in [-0.1, -0.05) is 36.7 Å². The molecule has 1 fully saturated rings. The third kappa shape index (κ3) is 5.79. The average molecular weight is 514 g/mol. The minimum Gasteiger partial charge on any atom is -0.451 e. The Morgan fingerprint density at radius 2 is 1.89 bits per heavy atom. The minimum atomic E-state index is -0.542. The lowest BCUT2D eigenvalue weighted by molar-refractivity contribution is -0.384. The highest BCUT2D eigenvalue weighted by atomic mass is 35.5. The molecule has 1 aliphatic rings. The van der Waals surface area contributed by atoms with Crippen molar-refractivity contribution in [2.24, 2.45) is 0 Å². The van der Waals surface area contributed by atoms with Crippen LogP contribution in [0.3, 0.4) is 0 Å². The minimum absolute atomic E-state index is 0.0256. The second kappa shape index (κ2) is 10.9. The van der Waals surface area contributed by atoms with Crippen molar-refractivity contribution >= 4 is 51.9 Å².